The molecule has 1 atom stereocenters. The van der Waals surface area contributed by atoms with Crippen molar-refractivity contribution < 1.29 is 14.6 Å². The highest BCUT2D eigenvalue weighted by Gasteiger charge is 2.27. The molecule has 31 heavy (non-hydrogen) atoms. The lowest BCUT2D eigenvalue weighted by Crippen LogP contribution is -2.26. The molecule has 0 aliphatic carbocycles. The Bertz CT molecular complexity index is 1090. The quantitative estimate of drug-likeness (QED) is 0.516. The number of carbonyl (C=O) groups is 1. The molecule has 1 fully saturated rings. The lowest BCUT2D eigenvalue weighted by molar-refractivity contribution is 0.103. The third-order valence-electron chi connectivity index (χ3n) is 5.30. The summed E-state index contributed by atoms with van der Waals surface area (Å²) in [6.45, 7) is 1.44. The minimum absolute atomic E-state index is 0.0336. The Morgan fingerprint density at radius 1 is 1.13 bits per heavy atom. The first-order valence-corrected chi connectivity index (χ1v) is 10.9. The van der Waals surface area contributed by atoms with Crippen LogP contribution in [0, 0.1) is 0 Å². The van der Waals surface area contributed by atoms with E-state index in [0.29, 0.717) is 40.0 Å². The number of rotatable bonds is 7. The number of halogens is 2. The van der Waals surface area contributed by atoms with Crippen LogP contribution in [-0.2, 0) is 6.42 Å². The first-order chi connectivity index (χ1) is 15.0. The monoisotopic (exact) mass is 456 g/mol. The van der Waals surface area contributed by atoms with E-state index in [4.69, 9.17) is 27.9 Å². The molecule has 5 nitrogen and oxygen atoms in total. The number of ketones is 1. The fraction of sp³-hybridized carbons (Fsp3) is 0.250. The molecular formula is C24H22Cl2N2O3. The van der Waals surface area contributed by atoms with Crippen LogP contribution in [0.2, 0.25) is 10.0 Å². The molecule has 0 bridgehead atoms. The van der Waals surface area contributed by atoms with Gasteiger partial charge in [-0.05, 0) is 42.3 Å². The molecule has 2 heterocycles. The van der Waals surface area contributed by atoms with Gasteiger partial charge in [0.25, 0.3) is 0 Å². The standard InChI is InChI=1S/C24H22Cl2N2O3/c25-19-4-1-3-17(13-19)23(30)18-7-6-16(9-12-29)22(14-18)28-11-8-20(15-28)31-24-21(26)5-2-10-27-24/h1-7,10,13-14,20,29H,8-9,11-12,15H2. The number of nitrogens with zero attached hydrogens (tertiary/aromatic N) is 2. The van der Waals surface area contributed by atoms with Gasteiger partial charge in [-0.2, -0.15) is 0 Å². The number of benzene rings is 2. The Hall–Kier alpha value is -2.60. The predicted octanol–water partition coefficient (Wildman–Crippen LogP) is 4.81. The van der Waals surface area contributed by atoms with Crippen LogP contribution in [0.25, 0.3) is 0 Å². The van der Waals surface area contributed by atoms with Crippen molar-refractivity contribution in [1.29, 1.82) is 0 Å². The molecule has 0 spiro atoms. The molecule has 0 saturated carbocycles. The number of anilines is 1. The van der Waals surface area contributed by atoms with E-state index in [1.807, 2.05) is 12.1 Å². The average molecular weight is 457 g/mol. The van der Waals surface area contributed by atoms with Gasteiger partial charge in [-0.3, -0.25) is 4.79 Å². The highest BCUT2D eigenvalue weighted by molar-refractivity contribution is 6.31. The number of aliphatic hydroxyl groups excluding tert-OH is 1. The van der Waals surface area contributed by atoms with Crippen LogP contribution >= 0.6 is 23.2 Å². The summed E-state index contributed by atoms with van der Waals surface area (Å²) in [5.41, 5.74) is 3.04. The van der Waals surface area contributed by atoms with Crippen LogP contribution in [0.1, 0.15) is 27.9 Å². The van der Waals surface area contributed by atoms with Crippen molar-refractivity contribution in [2.24, 2.45) is 0 Å². The number of ether oxygens (including phenoxy) is 1. The number of hydrogen-bond acceptors (Lipinski definition) is 5. The van der Waals surface area contributed by atoms with Crippen LogP contribution in [0.4, 0.5) is 5.69 Å². The molecule has 3 aromatic rings. The first kappa shape index (κ1) is 21.6. The van der Waals surface area contributed by atoms with Crippen molar-refractivity contribution in [1.82, 2.24) is 4.98 Å². The summed E-state index contributed by atoms with van der Waals surface area (Å²) in [5, 5.41) is 10.5. The summed E-state index contributed by atoms with van der Waals surface area (Å²) in [6.07, 6.45) is 2.90. The van der Waals surface area contributed by atoms with E-state index in [0.717, 1.165) is 24.2 Å². The van der Waals surface area contributed by atoms with Crippen molar-refractivity contribution in [3.05, 3.63) is 87.5 Å². The van der Waals surface area contributed by atoms with Gasteiger partial charge in [0, 0.05) is 47.6 Å². The summed E-state index contributed by atoms with van der Waals surface area (Å²) >= 11 is 12.2. The van der Waals surface area contributed by atoms with E-state index in [2.05, 4.69) is 9.88 Å². The minimum Gasteiger partial charge on any atom is -0.471 e. The second-order valence-electron chi connectivity index (χ2n) is 7.42. The average Bonchev–Trinajstić information content (AvgIpc) is 3.24. The zero-order valence-corrected chi connectivity index (χ0v) is 18.3. The van der Waals surface area contributed by atoms with Gasteiger partial charge in [-0.15, -0.1) is 0 Å². The Morgan fingerprint density at radius 2 is 1.97 bits per heavy atom. The van der Waals surface area contributed by atoms with Crippen LogP contribution in [0.5, 0.6) is 5.88 Å². The Kier molecular flexibility index (Phi) is 6.76. The maximum atomic E-state index is 13.0. The topological polar surface area (TPSA) is 62.7 Å². The Morgan fingerprint density at radius 3 is 2.74 bits per heavy atom. The molecule has 1 N–H and O–H groups in total. The summed E-state index contributed by atoms with van der Waals surface area (Å²) in [6, 6.07) is 16.1. The van der Waals surface area contributed by atoms with Gasteiger partial charge < -0.3 is 14.7 Å². The van der Waals surface area contributed by atoms with E-state index in [9.17, 15) is 9.90 Å². The maximum Gasteiger partial charge on any atom is 0.232 e. The highest BCUT2D eigenvalue weighted by atomic mass is 35.5. The lowest BCUT2D eigenvalue weighted by atomic mass is 9.99. The summed E-state index contributed by atoms with van der Waals surface area (Å²) in [7, 11) is 0. The van der Waals surface area contributed by atoms with Crippen LogP contribution in [0.3, 0.4) is 0 Å². The summed E-state index contributed by atoms with van der Waals surface area (Å²) in [5.74, 6) is 0.336. The predicted molar refractivity (Wildman–Crippen MR) is 123 cm³/mol. The van der Waals surface area contributed by atoms with Gasteiger partial charge in [-0.25, -0.2) is 4.98 Å². The van der Waals surface area contributed by atoms with E-state index < -0.39 is 0 Å². The Labute approximate surface area is 191 Å². The molecule has 0 amide bonds. The second-order valence-corrected chi connectivity index (χ2v) is 8.27. The first-order valence-electron chi connectivity index (χ1n) is 10.1. The molecule has 0 radical (unpaired) electrons. The molecule has 4 rings (SSSR count). The van der Waals surface area contributed by atoms with Gasteiger partial charge in [-0.1, -0.05) is 47.5 Å². The van der Waals surface area contributed by atoms with Crippen molar-refractivity contribution in [2.45, 2.75) is 18.9 Å². The molecule has 1 aromatic heterocycles. The number of pyridine rings is 1. The van der Waals surface area contributed by atoms with Crippen molar-refractivity contribution in [3.8, 4) is 5.88 Å². The fourth-order valence-electron chi connectivity index (χ4n) is 3.79. The van der Waals surface area contributed by atoms with Gasteiger partial charge in [0.05, 0.1) is 6.54 Å². The summed E-state index contributed by atoms with van der Waals surface area (Å²) in [4.78, 5) is 19.4. The maximum absolute atomic E-state index is 13.0. The van der Waals surface area contributed by atoms with E-state index in [-0.39, 0.29) is 18.5 Å². The van der Waals surface area contributed by atoms with Gasteiger partial charge in [0.15, 0.2) is 5.78 Å². The minimum atomic E-state index is -0.0911. The van der Waals surface area contributed by atoms with Gasteiger partial charge >= 0.3 is 0 Å². The van der Waals surface area contributed by atoms with Crippen molar-refractivity contribution >= 4 is 34.7 Å². The zero-order valence-electron chi connectivity index (χ0n) is 16.8. The van der Waals surface area contributed by atoms with Gasteiger partial charge in [0.1, 0.15) is 11.1 Å². The fourth-order valence-corrected chi connectivity index (χ4v) is 4.14. The second kappa shape index (κ2) is 9.69. The van der Waals surface area contributed by atoms with Gasteiger partial charge in [0.2, 0.25) is 5.88 Å². The van der Waals surface area contributed by atoms with Crippen LogP contribution in [0.15, 0.2) is 60.8 Å². The van der Waals surface area contributed by atoms with E-state index in [1.165, 1.54) is 0 Å². The molecule has 1 aliphatic heterocycles. The molecular weight excluding hydrogens is 435 g/mol. The van der Waals surface area contributed by atoms with Crippen LogP contribution in [-0.4, -0.2) is 41.7 Å². The molecule has 1 saturated heterocycles. The SMILES string of the molecule is O=C(c1cccc(Cl)c1)c1ccc(CCO)c(N2CCC(Oc3ncccc3Cl)C2)c1. The number of hydrogen-bond donors (Lipinski definition) is 1. The normalized spacial score (nSPS) is 15.8. The largest absolute Gasteiger partial charge is 0.471 e. The number of aromatic nitrogens is 1. The third kappa shape index (κ3) is 5.01. The van der Waals surface area contributed by atoms with Crippen molar-refractivity contribution in [3.63, 3.8) is 0 Å². The number of aliphatic hydroxyl groups is 1. The summed E-state index contributed by atoms with van der Waals surface area (Å²) < 4.78 is 6.00. The molecule has 7 heteroatoms. The molecule has 1 aliphatic rings. The van der Waals surface area contributed by atoms with E-state index in [1.54, 1.807) is 48.7 Å². The van der Waals surface area contributed by atoms with E-state index >= 15 is 0 Å². The third-order valence-corrected chi connectivity index (χ3v) is 5.83. The molecule has 160 valence electrons. The Balaban J connectivity index is 1.57. The smallest absolute Gasteiger partial charge is 0.232 e. The molecule has 1 unspecified atom stereocenters. The number of carbonyl (C=O) groups excluding carboxylic acids is 1. The highest BCUT2D eigenvalue weighted by Crippen LogP contribution is 2.30. The zero-order chi connectivity index (χ0) is 21.8. The lowest BCUT2D eigenvalue weighted by Gasteiger charge is -2.23. The molecule has 2 aromatic carbocycles. The van der Waals surface area contributed by atoms with Crippen molar-refractivity contribution in [2.75, 3.05) is 24.6 Å². The van der Waals surface area contributed by atoms with Crippen LogP contribution < -0.4 is 9.64 Å².